The van der Waals surface area contributed by atoms with Crippen LogP contribution in [0.5, 0.6) is 0 Å². The Labute approximate surface area is 179 Å². The molecule has 4 aromatic rings. The lowest BCUT2D eigenvalue weighted by molar-refractivity contribution is 1.70. The van der Waals surface area contributed by atoms with Gasteiger partial charge in [0, 0.05) is 10.4 Å². The smallest absolute Gasteiger partial charge is 0.0571 e. The van der Waals surface area contributed by atoms with E-state index in [-0.39, 0.29) is 0 Å². The minimum absolute atomic E-state index is 1.30. The van der Waals surface area contributed by atoms with Crippen LogP contribution < -0.4 is 10.4 Å². The highest BCUT2D eigenvalue weighted by Crippen LogP contribution is 2.41. The molecule has 4 aromatic carbocycles. The highest BCUT2D eigenvalue weighted by molar-refractivity contribution is 8.35. The molecular formula is C24H14S4. The zero-order valence-electron chi connectivity index (χ0n) is 14.7. The SMILES string of the molecule is C1=CSC(=c2c3ccccc3c(=C3SC=CS3)c3cc4ccccc4cc23)S1. The van der Waals surface area contributed by atoms with Gasteiger partial charge in [-0.15, -0.1) is 0 Å². The van der Waals surface area contributed by atoms with Crippen molar-refractivity contribution >= 4 is 87.8 Å². The molecule has 0 radical (unpaired) electrons. The molecule has 134 valence electrons. The molecule has 0 bridgehead atoms. The van der Waals surface area contributed by atoms with E-state index in [4.69, 9.17) is 0 Å². The fourth-order valence-corrected chi connectivity index (χ4v) is 7.80. The Hall–Kier alpha value is -1.72. The first-order chi connectivity index (χ1) is 13.9. The molecule has 2 heterocycles. The summed E-state index contributed by atoms with van der Waals surface area (Å²) in [7, 11) is 0. The van der Waals surface area contributed by atoms with Crippen molar-refractivity contribution in [2.24, 2.45) is 0 Å². The van der Waals surface area contributed by atoms with Gasteiger partial charge in [-0.1, -0.05) is 95.6 Å². The summed E-state index contributed by atoms with van der Waals surface area (Å²) in [5.41, 5.74) is 0. The average Bonchev–Trinajstić information content (AvgIpc) is 3.45. The van der Waals surface area contributed by atoms with Crippen LogP contribution >= 0.6 is 47.0 Å². The molecule has 0 spiro atoms. The number of thioether (sulfide) groups is 4. The Bertz CT molecular complexity index is 1330. The molecule has 0 amide bonds. The highest BCUT2D eigenvalue weighted by Gasteiger charge is 2.15. The lowest BCUT2D eigenvalue weighted by atomic mass is 9.96. The molecule has 0 nitrogen and oxygen atoms in total. The van der Waals surface area contributed by atoms with E-state index in [9.17, 15) is 0 Å². The van der Waals surface area contributed by atoms with Crippen LogP contribution in [0.25, 0.3) is 40.8 Å². The van der Waals surface area contributed by atoms with E-state index in [1.54, 1.807) is 0 Å². The first-order valence-electron chi connectivity index (χ1n) is 8.99. The highest BCUT2D eigenvalue weighted by atomic mass is 32.2. The van der Waals surface area contributed by atoms with Gasteiger partial charge >= 0.3 is 0 Å². The number of rotatable bonds is 0. The maximum atomic E-state index is 2.39. The third-order valence-corrected chi connectivity index (χ3v) is 9.37. The molecule has 0 unspecified atom stereocenters. The molecule has 0 saturated carbocycles. The summed E-state index contributed by atoms with van der Waals surface area (Å²) >= 11 is 7.35. The van der Waals surface area contributed by atoms with Gasteiger partial charge in [0.25, 0.3) is 0 Å². The minimum Gasteiger partial charge on any atom is -0.0895 e. The second-order valence-electron chi connectivity index (χ2n) is 6.63. The monoisotopic (exact) mass is 430 g/mol. The fourth-order valence-electron chi connectivity index (χ4n) is 3.95. The molecule has 0 N–H and O–H groups in total. The summed E-state index contributed by atoms with van der Waals surface area (Å²) in [6, 6.07) is 22.4. The molecule has 0 aromatic heterocycles. The summed E-state index contributed by atoms with van der Waals surface area (Å²) in [6.45, 7) is 0. The Kier molecular flexibility index (Phi) is 4.27. The molecular weight excluding hydrogens is 417 g/mol. The molecule has 6 rings (SSSR count). The van der Waals surface area contributed by atoms with Gasteiger partial charge in [0.1, 0.15) is 0 Å². The quantitative estimate of drug-likeness (QED) is 0.271. The average molecular weight is 431 g/mol. The summed E-state index contributed by atoms with van der Waals surface area (Å²) in [4.78, 5) is 0. The van der Waals surface area contributed by atoms with E-state index in [1.165, 1.54) is 51.2 Å². The molecule has 2 aliphatic heterocycles. The summed E-state index contributed by atoms with van der Waals surface area (Å²) in [5, 5.41) is 19.5. The van der Waals surface area contributed by atoms with Crippen molar-refractivity contribution in [2.45, 2.75) is 0 Å². The molecule has 4 heteroatoms. The first-order valence-corrected chi connectivity index (χ1v) is 12.5. The van der Waals surface area contributed by atoms with Crippen molar-refractivity contribution in [2.75, 3.05) is 0 Å². The van der Waals surface area contributed by atoms with E-state index in [1.807, 2.05) is 47.0 Å². The second-order valence-corrected chi connectivity index (χ2v) is 10.8. The fraction of sp³-hybridized carbons (Fsp3) is 0. The lowest BCUT2D eigenvalue weighted by Crippen LogP contribution is -2.16. The number of hydrogen-bond acceptors (Lipinski definition) is 4. The third-order valence-electron chi connectivity index (χ3n) is 5.11. The van der Waals surface area contributed by atoms with Gasteiger partial charge in [-0.25, -0.2) is 0 Å². The van der Waals surface area contributed by atoms with Gasteiger partial charge < -0.3 is 0 Å². The van der Waals surface area contributed by atoms with Crippen LogP contribution in [-0.4, -0.2) is 0 Å². The van der Waals surface area contributed by atoms with Gasteiger partial charge in [0.2, 0.25) is 0 Å². The van der Waals surface area contributed by atoms with Crippen LogP contribution in [0.3, 0.4) is 0 Å². The van der Waals surface area contributed by atoms with Crippen LogP contribution in [0.15, 0.2) is 82.3 Å². The number of fused-ring (bicyclic) bond motifs is 3. The Morgan fingerprint density at radius 1 is 0.429 bits per heavy atom. The normalized spacial score (nSPS) is 16.3. The maximum Gasteiger partial charge on any atom is 0.0571 e. The van der Waals surface area contributed by atoms with Gasteiger partial charge in [0.05, 0.1) is 8.47 Å². The van der Waals surface area contributed by atoms with Gasteiger partial charge in [0.15, 0.2) is 0 Å². The van der Waals surface area contributed by atoms with Gasteiger partial charge in [-0.2, -0.15) is 0 Å². The van der Waals surface area contributed by atoms with Crippen molar-refractivity contribution in [3.63, 3.8) is 0 Å². The topological polar surface area (TPSA) is 0 Å². The van der Waals surface area contributed by atoms with Gasteiger partial charge in [-0.05, 0) is 66.1 Å². The minimum atomic E-state index is 1.30. The van der Waals surface area contributed by atoms with E-state index < -0.39 is 0 Å². The Morgan fingerprint density at radius 2 is 0.821 bits per heavy atom. The van der Waals surface area contributed by atoms with Crippen LogP contribution in [0.4, 0.5) is 0 Å². The standard InChI is InChI=1S/C24H14S4/c1-2-6-16-14-20-19(13-15(16)5-1)21(23-25-9-10-26-23)17-7-3-4-8-18(17)22(20)24-27-11-12-28-24/h1-14H. The maximum absolute atomic E-state index is 2.39. The Morgan fingerprint density at radius 3 is 1.25 bits per heavy atom. The number of benzene rings is 4. The van der Waals surface area contributed by atoms with Crippen molar-refractivity contribution in [3.05, 3.63) is 92.7 Å². The van der Waals surface area contributed by atoms with Crippen LogP contribution in [-0.2, 0) is 0 Å². The first kappa shape index (κ1) is 17.2. The van der Waals surface area contributed by atoms with Crippen LogP contribution in [0.2, 0.25) is 0 Å². The second kappa shape index (κ2) is 6.96. The molecule has 28 heavy (non-hydrogen) atoms. The zero-order chi connectivity index (χ0) is 18.5. The third kappa shape index (κ3) is 2.66. The Balaban J connectivity index is 1.96. The lowest BCUT2D eigenvalue weighted by Gasteiger charge is -2.12. The van der Waals surface area contributed by atoms with Crippen molar-refractivity contribution < 1.29 is 0 Å². The number of hydrogen-bond donors (Lipinski definition) is 0. The predicted octanol–water partition coefficient (Wildman–Crippen LogP) is 7.18. The van der Waals surface area contributed by atoms with Crippen molar-refractivity contribution in [1.82, 2.24) is 0 Å². The van der Waals surface area contributed by atoms with Crippen LogP contribution in [0, 0.1) is 0 Å². The van der Waals surface area contributed by atoms with Crippen molar-refractivity contribution in [1.29, 1.82) is 0 Å². The summed E-state index contributed by atoms with van der Waals surface area (Å²) in [6.07, 6.45) is 0. The van der Waals surface area contributed by atoms with Crippen LogP contribution in [0.1, 0.15) is 0 Å². The van der Waals surface area contributed by atoms with Crippen molar-refractivity contribution in [3.8, 4) is 0 Å². The van der Waals surface area contributed by atoms with E-state index in [0.717, 1.165) is 0 Å². The largest absolute Gasteiger partial charge is 0.0895 e. The summed E-state index contributed by atoms with van der Waals surface area (Å²) in [5.74, 6) is 0. The van der Waals surface area contributed by atoms with E-state index >= 15 is 0 Å². The molecule has 0 saturated heterocycles. The van der Waals surface area contributed by atoms with E-state index in [2.05, 4.69) is 82.3 Å². The predicted molar refractivity (Wildman–Crippen MR) is 134 cm³/mol. The van der Waals surface area contributed by atoms with Gasteiger partial charge in [-0.3, -0.25) is 0 Å². The van der Waals surface area contributed by atoms with E-state index in [0.29, 0.717) is 0 Å². The zero-order valence-corrected chi connectivity index (χ0v) is 18.0. The molecule has 2 aliphatic rings. The molecule has 0 fully saturated rings. The molecule has 0 aliphatic carbocycles. The summed E-state index contributed by atoms with van der Waals surface area (Å²) < 4.78 is 2.75. The molecule has 0 atom stereocenters.